The van der Waals surface area contributed by atoms with Crippen LogP contribution in [0.2, 0.25) is 0 Å². The zero-order chi connectivity index (χ0) is 11.4. The summed E-state index contributed by atoms with van der Waals surface area (Å²) in [6, 6.07) is 0. The monoisotopic (exact) mass is 302 g/mol. The van der Waals surface area contributed by atoms with Crippen LogP contribution in [0.1, 0.15) is 19.3 Å². The van der Waals surface area contributed by atoms with Crippen LogP contribution in [-0.4, -0.2) is 27.5 Å². The Balaban J connectivity index is 1.91. The van der Waals surface area contributed by atoms with E-state index < -0.39 is 0 Å². The minimum Gasteiger partial charge on any atom is -0.383 e. The van der Waals surface area contributed by atoms with Crippen molar-refractivity contribution in [2.75, 3.05) is 23.3 Å². The summed E-state index contributed by atoms with van der Waals surface area (Å²) in [7, 11) is 0. The van der Waals surface area contributed by atoms with Gasteiger partial charge in [0.2, 0.25) is 0 Å². The lowest BCUT2D eigenvalue weighted by Gasteiger charge is -2.21. The quantitative estimate of drug-likeness (QED) is 0.898. The van der Waals surface area contributed by atoms with Gasteiger partial charge in [-0.1, -0.05) is 6.42 Å². The van der Waals surface area contributed by atoms with E-state index in [1.165, 1.54) is 31.3 Å². The Bertz CT molecular complexity index is 355. The maximum absolute atomic E-state index is 5.69. The van der Waals surface area contributed by atoms with Gasteiger partial charge in [-0.15, -0.1) is 0 Å². The summed E-state index contributed by atoms with van der Waals surface area (Å²) in [6.45, 7) is 0.944. The Morgan fingerprint density at radius 3 is 3.12 bits per heavy atom. The molecular formula is C10H15BrN4S. The molecule has 0 bridgehead atoms. The van der Waals surface area contributed by atoms with Gasteiger partial charge in [0, 0.05) is 11.8 Å². The Kier molecular flexibility index (Phi) is 4.29. The molecule has 1 fully saturated rings. The smallest absolute Gasteiger partial charge is 0.145 e. The van der Waals surface area contributed by atoms with Crippen molar-refractivity contribution in [1.82, 2.24) is 9.97 Å². The van der Waals surface area contributed by atoms with Gasteiger partial charge in [-0.05, 0) is 34.5 Å². The summed E-state index contributed by atoms with van der Waals surface area (Å²) < 4.78 is 0.760. The third-order valence-electron chi connectivity index (χ3n) is 2.59. The second-order valence-electron chi connectivity index (χ2n) is 3.79. The predicted molar refractivity (Wildman–Crippen MR) is 72.7 cm³/mol. The molecule has 6 heteroatoms. The Morgan fingerprint density at radius 2 is 2.38 bits per heavy atom. The number of nitrogens with zero attached hydrogens (tertiary/aromatic N) is 2. The lowest BCUT2D eigenvalue weighted by atomic mass is 10.2. The van der Waals surface area contributed by atoms with Crippen LogP contribution in [0.25, 0.3) is 0 Å². The minimum atomic E-state index is 0.480. The Labute approximate surface area is 108 Å². The molecule has 0 amide bonds. The third kappa shape index (κ3) is 3.01. The van der Waals surface area contributed by atoms with Crippen molar-refractivity contribution in [1.29, 1.82) is 0 Å². The number of aromatic nitrogens is 2. The van der Waals surface area contributed by atoms with E-state index in [-0.39, 0.29) is 0 Å². The Hall–Kier alpha value is -0.490. The van der Waals surface area contributed by atoms with Gasteiger partial charge in [-0.2, -0.15) is 11.8 Å². The molecule has 2 heterocycles. The Morgan fingerprint density at radius 1 is 1.50 bits per heavy atom. The second-order valence-corrected chi connectivity index (χ2v) is 5.99. The van der Waals surface area contributed by atoms with E-state index in [4.69, 9.17) is 5.73 Å². The lowest BCUT2D eigenvalue weighted by molar-refractivity contribution is 0.677. The highest BCUT2D eigenvalue weighted by Gasteiger charge is 2.14. The zero-order valence-corrected chi connectivity index (χ0v) is 11.4. The average Bonchev–Trinajstić information content (AvgIpc) is 2.32. The number of nitrogens with one attached hydrogen (secondary N) is 1. The topological polar surface area (TPSA) is 63.8 Å². The molecule has 0 radical (unpaired) electrons. The largest absolute Gasteiger partial charge is 0.383 e. The number of thioether (sulfide) groups is 1. The molecule has 16 heavy (non-hydrogen) atoms. The van der Waals surface area contributed by atoms with Gasteiger partial charge in [-0.25, -0.2) is 9.97 Å². The highest BCUT2D eigenvalue weighted by atomic mass is 79.9. The first-order valence-corrected chi connectivity index (χ1v) is 7.23. The molecular weight excluding hydrogens is 288 g/mol. The van der Waals surface area contributed by atoms with Gasteiger partial charge in [0.05, 0.1) is 0 Å². The fourth-order valence-corrected chi connectivity index (χ4v) is 3.27. The molecule has 1 atom stereocenters. The number of halogens is 1. The van der Waals surface area contributed by atoms with Gasteiger partial charge in [-0.3, -0.25) is 0 Å². The fraction of sp³-hybridized carbons (Fsp3) is 0.600. The maximum atomic E-state index is 5.69. The first-order valence-electron chi connectivity index (χ1n) is 5.39. The van der Waals surface area contributed by atoms with Crippen LogP contribution in [0.5, 0.6) is 0 Å². The molecule has 1 saturated heterocycles. The highest BCUT2D eigenvalue weighted by Crippen LogP contribution is 2.27. The van der Waals surface area contributed by atoms with E-state index in [9.17, 15) is 0 Å². The van der Waals surface area contributed by atoms with E-state index in [1.807, 2.05) is 11.8 Å². The molecule has 3 N–H and O–H groups in total. The number of rotatable bonds is 3. The maximum Gasteiger partial charge on any atom is 0.145 e. The summed E-state index contributed by atoms with van der Waals surface area (Å²) in [5.41, 5.74) is 5.69. The lowest BCUT2D eigenvalue weighted by Crippen LogP contribution is -2.20. The molecule has 1 aromatic heterocycles. The summed E-state index contributed by atoms with van der Waals surface area (Å²) in [6.07, 6.45) is 5.46. The molecule has 88 valence electrons. The van der Waals surface area contributed by atoms with Gasteiger partial charge >= 0.3 is 0 Å². The van der Waals surface area contributed by atoms with E-state index in [2.05, 4.69) is 31.2 Å². The van der Waals surface area contributed by atoms with Gasteiger partial charge < -0.3 is 11.1 Å². The van der Waals surface area contributed by atoms with Gasteiger partial charge in [0.1, 0.15) is 22.4 Å². The zero-order valence-electron chi connectivity index (χ0n) is 8.95. The molecule has 0 aliphatic carbocycles. The van der Waals surface area contributed by atoms with E-state index in [0.29, 0.717) is 11.1 Å². The molecule has 0 aromatic carbocycles. The van der Waals surface area contributed by atoms with E-state index in [1.54, 1.807) is 0 Å². The highest BCUT2D eigenvalue weighted by molar-refractivity contribution is 9.10. The first kappa shape index (κ1) is 12.0. The molecule has 1 unspecified atom stereocenters. The molecule has 1 aromatic rings. The van der Waals surface area contributed by atoms with E-state index in [0.717, 1.165) is 16.8 Å². The number of hydrogen-bond donors (Lipinski definition) is 2. The molecule has 1 aliphatic rings. The fourth-order valence-electron chi connectivity index (χ4n) is 1.69. The van der Waals surface area contributed by atoms with Crippen molar-refractivity contribution in [2.24, 2.45) is 0 Å². The van der Waals surface area contributed by atoms with Crippen LogP contribution in [-0.2, 0) is 0 Å². The molecule has 0 spiro atoms. The van der Waals surface area contributed by atoms with Crippen LogP contribution in [0, 0.1) is 0 Å². The van der Waals surface area contributed by atoms with Gasteiger partial charge in [0.15, 0.2) is 0 Å². The normalized spacial score (nSPS) is 20.7. The van der Waals surface area contributed by atoms with Crippen molar-refractivity contribution in [3.8, 4) is 0 Å². The van der Waals surface area contributed by atoms with Crippen molar-refractivity contribution in [2.45, 2.75) is 24.5 Å². The number of nitrogens with two attached hydrogens (primary N) is 1. The van der Waals surface area contributed by atoms with Crippen molar-refractivity contribution in [3.05, 3.63) is 10.8 Å². The van der Waals surface area contributed by atoms with Crippen LogP contribution < -0.4 is 11.1 Å². The van der Waals surface area contributed by atoms with Crippen LogP contribution >= 0.6 is 27.7 Å². The third-order valence-corrected chi connectivity index (χ3v) is 4.77. The number of hydrogen-bond acceptors (Lipinski definition) is 5. The van der Waals surface area contributed by atoms with Crippen LogP contribution in [0.15, 0.2) is 10.8 Å². The van der Waals surface area contributed by atoms with E-state index >= 15 is 0 Å². The summed E-state index contributed by atoms with van der Waals surface area (Å²) in [4.78, 5) is 8.07. The number of anilines is 2. The SMILES string of the molecule is Nc1ncnc(NCC2CCCCS2)c1Br. The molecule has 2 rings (SSSR count). The first-order chi connectivity index (χ1) is 7.77. The molecule has 1 aliphatic heterocycles. The average molecular weight is 303 g/mol. The van der Waals surface area contributed by atoms with Crippen molar-refractivity contribution >= 4 is 39.3 Å². The van der Waals surface area contributed by atoms with Crippen molar-refractivity contribution in [3.63, 3.8) is 0 Å². The minimum absolute atomic E-state index is 0.480. The molecule has 0 saturated carbocycles. The summed E-state index contributed by atoms with van der Waals surface area (Å²) >= 11 is 5.43. The summed E-state index contributed by atoms with van der Waals surface area (Å²) in [5.74, 6) is 2.55. The molecule has 4 nitrogen and oxygen atoms in total. The standard InChI is InChI=1S/C10H15BrN4S/c11-8-9(12)14-6-15-10(8)13-5-7-3-1-2-4-16-7/h6-7H,1-5H2,(H3,12,13,14,15). The summed E-state index contributed by atoms with van der Waals surface area (Å²) in [5, 5.41) is 4.02. The van der Waals surface area contributed by atoms with Crippen LogP contribution in [0.3, 0.4) is 0 Å². The second kappa shape index (κ2) is 5.72. The predicted octanol–water partition coefficient (Wildman–Crippen LogP) is 2.52. The van der Waals surface area contributed by atoms with Crippen LogP contribution in [0.4, 0.5) is 11.6 Å². The number of nitrogen functional groups attached to an aromatic ring is 1. The van der Waals surface area contributed by atoms with Crippen molar-refractivity contribution < 1.29 is 0 Å². The van der Waals surface area contributed by atoms with Gasteiger partial charge in [0.25, 0.3) is 0 Å².